The first-order valence-corrected chi connectivity index (χ1v) is 15.8. The molecule has 208 valence electrons. The lowest BCUT2D eigenvalue weighted by Crippen LogP contribution is -2.32. The van der Waals surface area contributed by atoms with E-state index in [4.69, 9.17) is 4.74 Å². The van der Waals surface area contributed by atoms with E-state index in [0.717, 1.165) is 19.6 Å². The molecule has 0 saturated carbocycles. The van der Waals surface area contributed by atoms with Gasteiger partial charge in [0.05, 0.1) is 6.61 Å². The van der Waals surface area contributed by atoms with E-state index in [1.807, 2.05) is 0 Å². The van der Waals surface area contributed by atoms with Gasteiger partial charge in [0.25, 0.3) is 0 Å². The molecule has 0 rings (SSSR count). The summed E-state index contributed by atoms with van der Waals surface area (Å²) < 4.78 is 6.03. The van der Waals surface area contributed by atoms with Crippen molar-refractivity contribution in [1.29, 1.82) is 0 Å². The molecule has 1 atom stereocenters. The molecule has 0 bridgehead atoms. The number of likely N-dealkylation sites (N-methyl/N-ethyl adjacent to an activating group) is 1. The van der Waals surface area contributed by atoms with E-state index in [0.29, 0.717) is 6.04 Å². The molecular formula is C33H65NO. The summed E-state index contributed by atoms with van der Waals surface area (Å²) in [6.45, 7) is 6.41. The van der Waals surface area contributed by atoms with E-state index in [9.17, 15) is 0 Å². The van der Waals surface area contributed by atoms with Gasteiger partial charge >= 0.3 is 0 Å². The molecule has 0 aromatic carbocycles. The average molecular weight is 492 g/mol. The maximum Gasteiger partial charge on any atom is 0.0621 e. The second-order valence-electron chi connectivity index (χ2n) is 10.9. The molecule has 0 spiro atoms. The Balaban J connectivity index is 3.47. The van der Waals surface area contributed by atoms with Gasteiger partial charge in [-0.1, -0.05) is 134 Å². The van der Waals surface area contributed by atoms with Crippen molar-refractivity contribution in [1.82, 2.24) is 4.90 Å². The molecule has 2 nitrogen and oxygen atoms in total. The van der Waals surface area contributed by atoms with Gasteiger partial charge in [0, 0.05) is 12.6 Å². The molecule has 35 heavy (non-hydrogen) atoms. The highest BCUT2D eigenvalue weighted by atomic mass is 16.5. The van der Waals surface area contributed by atoms with Crippen LogP contribution in [0.15, 0.2) is 24.3 Å². The van der Waals surface area contributed by atoms with E-state index in [1.165, 1.54) is 135 Å². The molecule has 0 aliphatic carbocycles. The van der Waals surface area contributed by atoms with Crippen molar-refractivity contribution >= 4 is 0 Å². The molecule has 0 fully saturated rings. The first-order valence-electron chi connectivity index (χ1n) is 15.8. The van der Waals surface area contributed by atoms with E-state index < -0.39 is 0 Å². The Hall–Kier alpha value is -0.600. The first-order chi connectivity index (χ1) is 17.2. The van der Waals surface area contributed by atoms with Crippen LogP contribution in [0.25, 0.3) is 0 Å². The molecule has 0 aromatic heterocycles. The van der Waals surface area contributed by atoms with Crippen molar-refractivity contribution in [3.8, 4) is 0 Å². The number of rotatable bonds is 28. The van der Waals surface area contributed by atoms with Crippen LogP contribution in [0, 0.1) is 0 Å². The largest absolute Gasteiger partial charge is 0.380 e. The van der Waals surface area contributed by atoms with Gasteiger partial charge in [-0.25, -0.2) is 0 Å². The van der Waals surface area contributed by atoms with Crippen LogP contribution in [0.1, 0.15) is 155 Å². The summed E-state index contributed by atoms with van der Waals surface area (Å²) in [5, 5.41) is 0. The summed E-state index contributed by atoms with van der Waals surface area (Å²) in [6, 6.07) is 0.585. The maximum atomic E-state index is 6.03. The van der Waals surface area contributed by atoms with Crippen molar-refractivity contribution in [3.63, 3.8) is 0 Å². The zero-order valence-electron chi connectivity index (χ0n) is 24.7. The number of hydrogen-bond acceptors (Lipinski definition) is 2. The molecule has 2 heteroatoms. The number of hydrogen-bond donors (Lipinski definition) is 0. The van der Waals surface area contributed by atoms with E-state index >= 15 is 0 Å². The second kappa shape index (κ2) is 29.6. The Morgan fingerprint density at radius 3 is 1.57 bits per heavy atom. The highest BCUT2D eigenvalue weighted by Crippen LogP contribution is 2.13. The molecule has 0 aliphatic rings. The molecule has 0 heterocycles. The van der Waals surface area contributed by atoms with Gasteiger partial charge in [-0.2, -0.15) is 0 Å². The third kappa shape index (κ3) is 27.8. The molecular weight excluding hydrogens is 426 g/mol. The molecule has 0 radical (unpaired) electrons. The van der Waals surface area contributed by atoms with Gasteiger partial charge in [0.1, 0.15) is 0 Å². The fraction of sp³-hybridized carbons (Fsp3) is 0.879. The van der Waals surface area contributed by atoms with E-state index in [2.05, 4.69) is 57.1 Å². The zero-order chi connectivity index (χ0) is 25.7. The SMILES string of the molecule is CCCCC/C=C\C/C=C\CCCCCCCCC[C@H](COCCCCCCCCCC)N(C)C. The lowest BCUT2D eigenvalue weighted by atomic mass is 10.0. The van der Waals surface area contributed by atoms with Crippen LogP contribution >= 0.6 is 0 Å². The number of ether oxygens (including phenoxy) is 1. The predicted octanol–water partition coefficient (Wildman–Crippen LogP) is 10.7. The summed E-state index contributed by atoms with van der Waals surface area (Å²) >= 11 is 0. The Morgan fingerprint density at radius 1 is 0.543 bits per heavy atom. The van der Waals surface area contributed by atoms with Crippen molar-refractivity contribution < 1.29 is 4.74 Å². The van der Waals surface area contributed by atoms with Gasteiger partial charge < -0.3 is 9.64 Å². The van der Waals surface area contributed by atoms with E-state index in [-0.39, 0.29) is 0 Å². The minimum atomic E-state index is 0.585. The smallest absolute Gasteiger partial charge is 0.0621 e. The topological polar surface area (TPSA) is 12.5 Å². The van der Waals surface area contributed by atoms with Crippen LogP contribution in [0.5, 0.6) is 0 Å². The molecule has 0 saturated heterocycles. The summed E-state index contributed by atoms with van der Waals surface area (Å²) in [5.41, 5.74) is 0. The highest BCUT2D eigenvalue weighted by molar-refractivity contribution is 4.92. The summed E-state index contributed by atoms with van der Waals surface area (Å²) in [4.78, 5) is 2.36. The third-order valence-corrected chi connectivity index (χ3v) is 7.17. The van der Waals surface area contributed by atoms with Crippen LogP contribution in [-0.4, -0.2) is 38.3 Å². The van der Waals surface area contributed by atoms with Gasteiger partial charge in [0.15, 0.2) is 0 Å². The van der Waals surface area contributed by atoms with Crippen LogP contribution in [0.3, 0.4) is 0 Å². The Kier molecular flexibility index (Phi) is 29.1. The van der Waals surface area contributed by atoms with Crippen LogP contribution < -0.4 is 0 Å². The van der Waals surface area contributed by atoms with Crippen molar-refractivity contribution in [2.45, 2.75) is 161 Å². The lowest BCUT2D eigenvalue weighted by molar-refractivity contribution is 0.0721. The summed E-state index contributed by atoms with van der Waals surface area (Å²) in [6.07, 6.45) is 39.0. The number of nitrogens with zero attached hydrogens (tertiary/aromatic N) is 1. The van der Waals surface area contributed by atoms with Gasteiger partial charge in [-0.3, -0.25) is 0 Å². The van der Waals surface area contributed by atoms with Crippen molar-refractivity contribution in [3.05, 3.63) is 24.3 Å². The minimum Gasteiger partial charge on any atom is -0.380 e. The fourth-order valence-electron chi connectivity index (χ4n) is 4.59. The Labute approximate surface area is 222 Å². The number of allylic oxidation sites excluding steroid dienone is 4. The second-order valence-corrected chi connectivity index (χ2v) is 10.9. The van der Waals surface area contributed by atoms with Crippen molar-refractivity contribution in [2.24, 2.45) is 0 Å². The monoisotopic (exact) mass is 492 g/mol. The molecule has 0 N–H and O–H groups in total. The fourth-order valence-corrected chi connectivity index (χ4v) is 4.59. The average Bonchev–Trinajstić information content (AvgIpc) is 2.85. The van der Waals surface area contributed by atoms with Crippen LogP contribution in [0.4, 0.5) is 0 Å². The first kappa shape index (κ1) is 34.4. The zero-order valence-corrected chi connectivity index (χ0v) is 24.7. The minimum absolute atomic E-state index is 0.585. The van der Waals surface area contributed by atoms with Crippen molar-refractivity contribution in [2.75, 3.05) is 27.3 Å². The normalized spacial score (nSPS) is 13.1. The quantitative estimate of drug-likeness (QED) is 0.0797. The van der Waals surface area contributed by atoms with Crippen LogP contribution in [0.2, 0.25) is 0 Å². The van der Waals surface area contributed by atoms with Crippen LogP contribution in [-0.2, 0) is 4.74 Å². The van der Waals surface area contributed by atoms with Gasteiger partial charge in [-0.05, 0) is 59.0 Å². The molecule has 0 aromatic rings. The molecule has 0 unspecified atom stereocenters. The van der Waals surface area contributed by atoms with Gasteiger partial charge in [0.2, 0.25) is 0 Å². The van der Waals surface area contributed by atoms with Gasteiger partial charge in [-0.15, -0.1) is 0 Å². The number of unbranched alkanes of at least 4 members (excludes halogenated alkanes) is 17. The summed E-state index contributed by atoms with van der Waals surface area (Å²) in [5.74, 6) is 0. The predicted molar refractivity (Wildman–Crippen MR) is 159 cm³/mol. The molecule has 0 aliphatic heterocycles. The lowest BCUT2D eigenvalue weighted by Gasteiger charge is -2.24. The summed E-state index contributed by atoms with van der Waals surface area (Å²) in [7, 11) is 4.42. The Morgan fingerprint density at radius 2 is 1.00 bits per heavy atom. The Bertz CT molecular complexity index is 442. The third-order valence-electron chi connectivity index (χ3n) is 7.17. The maximum absolute atomic E-state index is 6.03. The standard InChI is InChI=1S/C33H65NO/c1-5-7-9-11-13-15-16-17-18-19-20-21-22-23-24-26-28-30-33(34(3)4)32-35-31-29-27-25-14-12-10-8-6-2/h13,15,17-18,33H,5-12,14,16,19-32H2,1-4H3/b15-13-,18-17-/t33-/m1/s1. The van der Waals surface area contributed by atoms with E-state index in [1.54, 1.807) is 0 Å². The highest BCUT2D eigenvalue weighted by Gasteiger charge is 2.11. The molecule has 0 amide bonds.